The Morgan fingerprint density at radius 3 is 2.29 bits per heavy atom. The van der Waals surface area contributed by atoms with Crippen LogP contribution in [-0.2, 0) is 11.2 Å². The van der Waals surface area contributed by atoms with Gasteiger partial charge in [0.25, 0.3) is 0 Å². The molecule has 0 saturated heterocycles. The maximum Gasteiger partial charge on any atom is 0.335 e. The second-order valence-electron chi connectivity index (χ2n) is 4.22. The second-order valence-corrected chi connectivity index (χ2v) is 4.22. The first-order chi connectivity index (χ1) is 7.99. The number of nitrogens with one attached hydrogen (secondary N) is 1. The van der Waals surface area contributed by atoms with E-state index >= 15 is 0 Å². The number of aromatic carboxylic acids is 1. The number of hydrogen-bond acceptors (Lipinski definition) is 2. The number of hydrogen-bond donors (Lipinski definition) is 2. The van der Waals surface area contributed by atoms with E-state index in [-0.39, 0.29) is 17.5 Å². The van der Waals surface area contributed by atoms with Gasteiger partial charge in [-0.1, -0.05) is 12.1 Å². The topological polar surface area (TPSA) is 66.4 Å². The molecule has 17 heavy (non-hydrogen) atoms. The first-order valence-electron chi connectivity index (χ1n) is 5.60. The van der Waals surface area contributed by atoms with Crippen LogP contribution >= 0.6 is 0 Å². The largest absolute Gasteiger partial charge is 0.478 e. The lowest BCUT2D eigenvalue weighted by Gasteiger charge is -2.08. The Bertz CT molecular complexity index is 396. The Morgan fingerprint density at radius 1 is 1.24 bits per heavy atom. The summed E-state index contributed by atoms with van der Waals surface area (Å²) >= 11 is 0. The highest BCUT2D eigenvalue weighted by atomic mass is 16.4. The fourth-order valence-corrected chi connectivity index (χ4v) is 1.47. The van der Waals surface area contributed by atoms with E-state index in [2.05, 4.69) is 5.32 Å². The first kappa shape index (κ1) is 13.2. The minimum Gasteiger partial charge on any atom is -0.478 e. The molecule has 0 saturated carbocycles. The molecular formula is C13H17NO3. The van der Waals surface area contributed by atoms with Crippen LogP contribution in [0.2, 0.25) is 0 Å². The maximum absolute atomic E-state index is 11.4. The summed E-state index contributed by atoms with van der Waals surface area (Å²) in [5.74, 6) is -0.920. The molecule has 0 aromatic heterocycles. The molecule has 1 amide bonds. The Kier molecular flexibility index (Phi) is 4.69. The minimum atomic E-state index is -0.936. The number of aryl methyl sites for hydroxylation is 1. The van der Waals surface area contributed by atoms with E-state index in [1.807, 2.05) is 13.8 Å². The highest BCUT2D eigenvalue weighted by Crippen LogP contribution is 2.06. The third kappa shape index (κ3) is 4.68. The SMILES string of the molecule is CC(C)NC(=O)CCc1ccc(C(=O)O)cc1. The van der Waals surface area contributed by atoms with Gasteiger partial charge in [0.15, 0.2) is 0 Å². The van der Waals surface area contributed by atoms with Gasteiger partial charge in [0.2, 0.25) is 5.91 Å². The molecule has 2 N–H and O–H groups in total. The van der Waals surface area contributed by atoms with Crippen molar-refractivity contribution in [2.24, 2.45) is 0 Å². The van der Waals surface area contributed by atoms with Crippen molar-refractivity contribution < 1.29 is 14.7 Å². The lowest BCUT2D eigenvalue weighted by molar-refractivity contribution is -0.121. The molecule has 92 valence electrons. The number of benzene rings is 1. The number of carbonyl (C=O) groups is 2. The normalized spacial score (nSPS) is 10.3. The molecule has 1 aromatic carbocycles. The lowest BCUT2D eigenvalue weighted by atomic mass is 10.1. The van der Waals surface area contributed by atoms with Gasteiger partial charge in [0.05, 0.1) is 5.56 Å². The third-order valence-corrected chi connectivity index (χ3v) is 2.29. The summed E-state index contributed by atoms with van der Waals surface area (Å²) in [7, 11) is 0. The van der Waals surface area contributed by atoms with Crippen LogP contribution in [0.3, 0.4) is 0 Å². The van der Waals surface area contributed by atoms with Crippen molar-refractivity contribution in [1.82, 2.24) is 5.32 Å². The van der Waals surface area contributed by atoms with Crippen molar-refractivity contribution in [2.45, 2.75) is 32.7 Å². The average Bonchev–Trinajstić information content (AvgIpc) is 2.26. The molecular weight excluding hydrogens is 218 g/mol. The lowest BCUT2D eigenvalue weighted by Crippen LogP contribution is -2.30. The zero-order chi connectivity index (χ0) is 12.8. The molecule has 1 aromatic rings. The Hall–Kier alpha value is -1.84. The molecule has 0 aliphatic heterocycles. The van der Waals surface area contributed by atoms with E-state index in [1.54, 1.807) is 24.3 Å². The summed E-state index contributed by atoms with van der Waals surface area (Å²) in [5.41, 5.74) is 1.23. The van der Waals surface area contributed by atoms with Gasteiger partial charge in [0, 0.05) is 12.5 Å². The molecule has 0 bridgehead atoms. The van der Waals surface area contributed by atoms with Crippen LogP contribution in [0.25, 0.3) is 0 Å². The van der Waals surface area contributed by atoms with Crippen LogP contribution < -0.4 is 5.32 Å². The standard InChI is InChI=1S/C13H17NO3/c1-9(2)14-12(15)8-5-10-3-6-11(7-4-10)13(16)17/h3-4,6-7,9H,5,8H2,1-2H3,(H,14,15)(H,16,17). The fraction of sp³-hybridized carbons (Fsp3) is 0.385. The van der Waals surface area contributed by atoms with Crippen molar-refractivity contribution >= 4 is 11.9 Å². The highest BCUT2D eigenvalue weighted by Gasteiger charge is 2.05. The maximum atomic E-state index is 11.4. The number of rotatable bonds is 5. The summed E-state index contributed by atoms with van der Waals surface area (Å²) in [4.78, 5) is 22.0. The molecule has 0 aliphatic carbocycles. The Labute approximate surface area is 101 Å². The molecule has 1 rings (SSSR count). The molecule has 0 fully saturated rings. The number of amides is 1. The second kappa shape index (κ2) is 6.03. The van der Waals surface area contributed by atoms with E-state index in [0.717, 1.165) is 5.56 Å². The quantitative estimate of drug-likeness (QED) is 0.818. The number of carboxylic acids is 1. The zero-order valence-corrected chi connectivity index (χ0v) is 10.1. The summed E-state index contributed by atoms with van der Waals surface area (Å²) in [6.07, 6.45) is 1.04. The van der Waals surface area contributed by atoms with Crippen molar-refractivity contribution in [1.29, 1.82) is 0 Å². The van der Waals surface area contributed by atoms with Crippen molar-refractivity contribution in [2.75, 3.05) is 0 Å². The molecule has 4 nitrogen and oxygen atoms in total. The van der Waals surface area contributed by atoms with Crippen molar-refractivity contribution in [3.05, 3.63) is 35.4 Å². The van der Waals surface area contributed by atoms with E-state index in [1.165, 1.54) is 0 Å². The smallest absolute Gasteiger partial charge is 0.335 e. The molecule has 0 unspecified atom stereocenters. The predicted octanol–water partition coefficient (Wildman–Crippen LogP) is 1.84. The van der Waals surface area contributed by atoms with Crippen LogP contribution in [0.4, 0.5) is 0 Å². The van der Waals surface area contributed by atoms with Crippen LogP contribution in [0.5, 0.6) is 0 Å². The Morgan fingerprint density at radius 2 is 1.82 bits per heavy atom. The molecule has 0 heterocycles. The van der Waals surface area contributed by atoms with Crippen LogP contribution in [0.15, 0.2) is 24.3 Å². The highest BCUT2D eigenvalue weighted by molar-refractivity contribution is 5.87. The van der Waals surface area contributed by atoms with E-state index in [9.17, 15) is 9.59 Å². The van der Waals surface area contributed by atoms with Gasteiger partial charge in [-0.05, 0) is 38.0 Å². The molecule has 0 aliphatic rings. The zero-order valence-electron chi connectivity index (χ0n) is 10.1. The molecule has 0 spiro atoms. The van der Waals surface area contributed by atoms with Gasteiger partial charge in [-0.25, -0.2) is 4.79 Å². The van der Waals surface area contributed by atoms with Crippen molar-refractivity contribution in [3.63, 3.8) is 0 Å². The predicted molar refractivity (Wildman–Crippen MR) is 65.0 cm³/mol. The minimum absolute atomic E-state index is 0.0160. The van der Waals surface area contributed by atoms with E-state index in [4.69, 9.17) is 5.11 Å². The average molecular weight is 235 g/mol. The van der Waals surface area contributed by atoms with Crippen molar-refractivity contribution in [3.8, 4) is 0 Å². The summed E-state index contributed by atoms with van der Waals surface area (Å²) in [6.45, 7) is 3.83. The van der Waals surface area contributed by atoms with E-state index < -0.39 is 5.97 Å². The molecule has 0 atom stereocenters. The van der Waals surface area contributed by atoms with E-state index in [0.29, 0.717) is 12.8 Å². The Balaban J connectivity index is 2.47. The van der Waals surface area contributed by atoms with Gasteiger partial charge >= 0.3 is 5.97 Å². The van der Waals surface area contributed by atoms with Gasteiger partial charge in [-0.15, -0.1) is 0 Å². The summed E-state index contributed by atoms with van der Waals surface area (Å²) < 4.78 is 0. The van der Waals surface area contributed by atoms with Gasteiger partial charge in [0.1, 0.15) is 0 Å². The van der Waals surface area contributed by atoms with Crippen LogP contribution in [0, 0.1) is 0 Å². The summed E-state index contributed by atoms with van der Waals surface area (Å²) in [6, 6.07) is 6.74. The van der Waals surface area contributed by atoms with Crippen LogP contribution in [-0.4, -0.2) is 23.0 Å². The number of carbonyl (C=O) groups excluding carboxylic acids is 1. The van der Waals surface area contributed by atoms with Gasteiger partial charge < -0.3 is 10.4 Å². The molecule has 4 heteroatoms. The van der Waals surface area contributed by atoms with Crippen LogP contribution in [0.1, 0.15) is 36.2 Å². The summed E-state index contributed by atoms with van der Waals surface area (Å²) in [5, 5.41) is 11.5. The third-order valence-electron chi connectivity index (χ3n) is 2.29. The fourth-order valence-electron chi connectivity index (χ4n) is 1.47. The monoisotopic (exact) mass is 235 g/mol. The van der Waals surface area contributed by atoms with Gasteiger partial charge in [-0.3, -0.25) is 4.79 Å². The number of carboxylic acid groups (broad SMARTS) is 1. The molecule has 0 radical (unpaired) electrons. The first-order valence-corrected chi connectivity index (χ1v) is 5.60. The van der Waals surface area contributed by atoms with Gasteiger partial charge in [-0.2, -0.15) is 0 Å².